The maximum atomic E-state index is 12.4. The van der Waals surface area contributed by atoms with E-state index in [0.29, 0.717) is 12.2 Å². The van der Waals surface area contributed by atoms with Crippen molar-refractivity contribution in [3.63, 3.8) is 0 Å². The number of nitrogens with zero attached hydrogens (tertiary/aromatic N) is 6. The lowest BCUT2D eigenvalue weighted by Crippen LogP contribution is -2.48. The van der Waals surface area contributed by atoms with Crippen molar-refractivity contribution in [1.29, 1.82) is 5.26 Å². The molecule has 0 amide bonds. The van der Waals surface area contributed by atoms with Gasteiger partial charge in [-0.2, -0.15) is 10.4 Å². The van der Waals surface area contributed by atoms with Crippen LogP contribution in [0.5, 0.6) is 0 Å². The quantitative estimate of drug-likeness (QED) is 0.835. The number of hydrogen-bond donors (Lipinski definition) is 0. The summed E-state index contributed by atoms with van der Waals surface area (Å²) in [7, 11) is 0. The number of anilines is 1. The summed E-state index contributed by atoms with van der Waals surface area (Å²) in [5.74, 6) is 0. The smallest absolute Gasteiger partial charge is 0.286 e. The van der Waals surface area contributed by atoms with Gasteiger partial charge in [0, 0.05) is 44.3 Å². The normalized spacial score (nSPS) is 15.3. The van der Waals surface area contributed by atoms with E-state index in [1.165, 1.54) is 4.68 Å². The maximum Gasteiger partial charge on any atom is 0.286 e. The Morgan fingerprint density at radius 2 is 1.83 bits per heavy atom. The molecule has 1 aliphatic rings. The summed E-state index contributed by atoms with van der Waals surface area (Å²) in [5, 5.41) is 13.5. The second-order valence-electron chi connectivity index (χ2n) is 5.95. The van der Waals surface area contributed by atoms with Crippen LogP contribution in [0, 0.1) is 25.2 Å². The fraction of sp³-hybridized carbons (Fsp3) is 0.412. The highest BCUT2D eigenvalue weighted by atomic mass is 16.1. The Morgan fingerprint density at radius 1 is 1.17 bits per heavy atom. The van der Waals surface area contributed by atoms with Crippen LogP contribution in [0.1, 0.15) is 16.8 Å². The molecule has 0 unspecified atom stereocenters. The summed E-state index contributed by atoms with van der Waals surface area (Å²) in [6, 6.07) is 6.01. The van der Waals surface area contributed by atoms with Crippen molar-refractivity contribution in [1.82, 2.24) is 19.7 Å². The van der Waals surface area contributed by atoms with Crippen molar-refractivity contribution in [3.8, 4) is 6.07 Å². The number of piperazine rings is 1. The second kappa shape index (κ2) is 6.81. The summed E-state index contributed by atoms with van der Waals surface area (Å²) in [5.41, 5.74) is 2.44. The molecule has 0 saturated carbocycles. The lowest BCUT2D eigenvalue weighted by Gasteiger charge is -2.35. The molecule has 3 rings (SSSR count). The van der Waals surface area contributed by atoms with E-state index in [4.69, 9.17) is 0 Å². The first kappa shape index (κ1) is 16.1. The monoisotopic (exact) mass is 324 g/mol. The van der Waals surface area contributed by atoms with Gasteiger partial charge in [-0.15, -0.1) is 0 Å². The summed E-state index contributed by atoms with van der Waals surface area (Å²) >= 11 is 0. The van der Waals surface area contributed by atoms with Gasteiger partial charge < -0.3 is 4.90 Å². The highest BCUT2D eigenvalue weighted by molar-refractivity contribution is 5.45. The van der Waals surface area contributed by atoms with Crippen LogP contribution in [0.3, 0.4) is 0 Å². The number of nitriles is 1. The zero-order chi connectivity index (χ0) is 17.1. The van der Waals surface area contributed by atoms with E-state index in [9.17, 15) is 10.1 Å². The van der Waals surface area contributed by atoms with E-state index in [1.807, 2.05) is 25.1 Å². The third kappa shape index (κ3) is 3.14. The molecule has 2 aromatic heterocycles. The predicted octanol–water partition coefficient (Wildman–Crippen LogP) is 0.907. The SMILES string of the molecule is Cc1nn(CN2CCN(c3ccncc3)CC2)c(=O)c(C#N)c1C. The van der Waals surface area contributed by atoms with Gasteiger partial charge in [0.25, 0.3) is 5.56 Å². The van der Waals surface area contributed by atoms with Crippen molar-refractivity contribution in [2.45, 2.75) is 20.5 Å². The molecular weight excluding hydrogens is 304 g/mol. The second-order valence-corrected chi connectivity index (χ2v) is 5.95. The van der Waals surface area contributed by atoms with Crippen LogP contribution in [0.25, 0.3) is 0 Å². The molecule has 7 heteroatoms. The van der Waals surface area contributed by atoms with Crippen LogP contribution in [0.4, 0.5) is 5.69 Å². The summed E-state index contributed by atoms with van der Waals surface area (Å²) in [6.07, 6.45) is 3.59. The van der Waals surface area contributed by atoms with Gasteiger partial charge in [-0.25, -0.2) is 4.68 Å². The zero-order valence-corrected chi connectivity index (χ0v) is 13.9. The molecule has 124 valence electrons. The van der Waals surface area contributed by atoms with Crippen LogP contribution in [-0.4, -0.2) is 45.8 Å². The Kier molecular flexibility index (Phi) is 4.58. The highest BCUT2D eigenvalue weighted by Crippen LogP contribution is 2.15. The molecule has 0 aliphatic carbocycles. The lowest BCUT2D eigenvalue weighted by molar-refractivity contribution is 0.190. The summed E-state index contributed by atoms with van der Waals surface area (Å²) < 4.78 is 1.41. The molecule has 3 heterocycles. The minimum atomic E-state index is -0.308. The Labute approximate surface area is 140 Å². The average Bonchev–Trinajstić information content (AvgIpc) is 2.61. The minimum absolute atomic E-state index is 0.193. The molecule has 1 saturated heterocycles. The molecule has 0 N–H and O–H groups in total. The zero-order valence-electron chi connectivity index (χ0n) is 13.9. The van der Waals surface area contributed by atoms with Gasteiger partial charge in [0.05, 0.1) is 12.4 Å². The van der Waals surface area contributed by atoms with E-state index < -0.39 is 0 Å². The molecular formula is C17H20N6O. The van der Waals surface area contributed by atoms with Gasteiger partial charge in [0.1, 0.15) is 11.6 Å². The molecule has 1 fully saturated rings. The average molecular weight is 324 g/mol. The molecule has 0 atom stereocenters. The van der Waals surface area contributed by atoms with Crippen LogP contribution < -0.4 is 10.5 Å². The van der Waals surface area contributed by atoms with Crippen LogP contribution in [0.2, 0.25) is 0 Å². The van der Waals surface area contributed by atoms with Crippen molar-refractivity contribution < 1.29 is 0 Å². The van der Waals surface area contributed by atoms with Crippen molar-refractivity contribution in [2.75, 3.05) is 31.1 Å². The van der Waals surface area contributed by atoms with Gasteiger partial charge in [-0.05, 0) is 31.5 Å². The number of hydrogen-bond acceptors (Lipinski definition) is 6. The van der Waals surface area contributed by atoms with Crippen LogP contribution in [-0.2, 0) is 6.67 Å². The topological polar surface area (TPSA) is 78.1 Å². The van der Waals surface area contributed by atoms with Gasteiger partial charge in [0.2, 0.25) is 0 Å². The fourth-order valence-corrected chi connectivity index (χ4v) is 2.89. The van der Waals surface area contributed by atoms with Crippen LogP contribution in [0.15, 0.2) is 29.3 Å². The first-order valence-electron chi connectivity index (χ1n) is 7.96. The van der Waals surface area contributed by atoms with E-state index in [0.717, 1.165) is 37.6 Å². The molecule has 2 aromatic rings. The fourth-order valence-electron chi connectivity index (χ4n) is 2.89. The van der Waals surface area contributed by atoms with Gasteiger partial charge in [-0.1, -0.05) is 0 Å². The molecule has 7 nitrogen and oxygen atoms in total. The lowest BCUT2D eigenvalue weighted by atomic mass is 10.1. The molecule has 0 spiro atoms. The Bertz CT molecular complexity index is 815. The van der Waals surface area contributed by atoms with E-state index in [2.05, 4.69) is 19.9 Å². The molecule has 0 aromatic carbocycles. The Hall–Kier alpha value is -2.72. The summed E-state index contributed by atoms with van der Waals surface area (Å²) in [4.78, 5) is 20.9. The predicted molar refractivity (Wildman–Crippen MR) is 90.7 cm³/mol. The van der Waals surface area contributed by atoms with Gasteiger partial charge >= 0.3 is 0 Å². The number of pyridine rings is 1. The third-order valence-corrected chi connectivity index (χ3v) is 4.48. The Balaban J connectivity index is 1.70. The minimum Gasteiger partial charge on any atom is -0.369 e. The van der Waals surface area contributed by atoms with E-state index in [1.54, 1.807) is 19.3 Å². The van der Waals surface area contributed by atoms with Gasteiger partial charge in [0.15, 0.2) is 0 Å². The molecule has 0 radical (unpaired) electrons. The number of aromatic nitrogens is 3. The van der Waals surface area contributed by atoms with Crippen molar-refractivity contribution >= 4 is 5.69 Å². The molecule has 0 bridgehead atoms. The van der Waals surface area contributed by atoms with Crippen LogP contribution >= 0.6 is 0 Å². The number of aryl methyl sites for hydroxylation is 1. The Morgan fingerprint density at radius 3 is 2.46 bits per heavy atom. The summed E-state index contributed by atoms with van der Waals surface area (Å²) in [6.45, 7) is 7.45. The first-order chi connectivity index (χ1) is 11.6. The number of rotatable bonds is 3. The molecule has 1 aliphatic heterocycles. The molecule has 24 heavy (non-hydrogen) atoms. The maximum absolute atomic E-state index is 12.4. The van der Waals surface area contributed by atoms with E-state index >= 15 is 0 Å². The third-order valence-electron chi connectivity index (χ3n) is 4.48. The van der Waals surface area contributed by atoms with E-state index in [-0.39, 0.29) is 11.1 Å². The van der Waals surface area contributed by atoms with Crippen molar-refractivity contribution in [2.24, 2.45) is 0 Å². The van der Waals surface area contributed by atoms with Crippen molar-refractivity contribution in [3.05, 3.63) is 51.7 Å². The largest absolute Gasteiger partial charge is 0.369 e. The van der Waals surface area contributed by atoms with Gasteiger partial charge in [-0.3, -0.25) is 14.7 Å². The standard InChI is InChI=1S/C17H20N6O/c1-13-14(2)20-23(17(24)16(13)11-18)12-21-7-9-22(10-8-21)15-3-5-19-6-4-15/h3-6H,7-10,12H2,1-2H3. The first-order valence-corrected chi connectivity index (χ1v) is 7.96. The highest BCUT2D eigenvalue weighted by Gasteiger charge is 2.19.